The molecule has 0 spiro atoms. The third kappa shape index (κ3) is 8.69. The van der Waals surface area contributed by atoms with E-state index in [9.17, 15) is 9.59 Å². The van der Waals surface area contributed by atoms with Crippen LogP contribution >= 0.6 is 0 Å². The minimum absolute atomic E-state index is 0.204. The predicted octanol–water partition coefficient (Wildman–Crippen LogP) is 3.48. The van der Waals surface area contributed by atoms with Crippen LogP contribution in [0.4, 0.5) is 0 Å². The third-order valence-electron chi connectivity index (χ3n) is 3.83. The predicted molar refractivity (Wildman–Crippen MR) is 116 cm³/mol. The molecular formula is C23H36N2O4. The van der Waals surface area contributed by atoms with Gasteiger partial charge in [-0.25, -0.2) is 4.79 Å². The minimum atomic E-state index is -0.805. The van der Waals surface area contributed by atoms with Gasteiger partial charge in [-0.1, -0.05) is 18.2 Å². The Hall–Kier alpha value is -2.34. The Labute approximate surface area is 175 Å². The molecule has 6 nitrogen and oxygen atoms in total. The Morgan fingerprint density at radius 2 is 1.66 bits per heavy atom. The highest BCUT2D eigenvalue weighted by molar-refractivity contribution is 5.87. The van der Waals surface area contributed by atoms with Crippen molar-refractivity contribution in [2.24, 2.45) is 5.73 Å². The van der Waals surface area contributed by atoms with E-state index >= 15 is 0 Å². The number of esters is 1. The van der Waals surface area contributed by atoms with Crippen molar-refractivity contribution < 1.29 is 19.1 Å². The van der Waals surface area contributed by atoms with Gasteiger partial charge >= 0.3 is 5.97 Å². The van der Waals surface area contributed by atoms with Gasteiger partial charge in [-0.3, -0.25) is 4.79 Å². The topological polar surface area (TPSA) is 81.9 Å². The monoisotopic (exact) mass is 404 g/mol. The van der Waals surface area contributed by atoms with Crippen LogP contribution in [-0.4, -0.2) is 46.6 Å². The van der Waals surface area contributed by atoms with Crippen molar-refractivity contribution in [3.63, 3.8) is 0 Å². The molecule has 0 saturated carbocycles. The Balaban J connectivity index is 3.17. The number of hydrogen-bond donors (Lipinski definition) is 1. The molecular weight excluding hydrogens is 368 g/mol. The quantitative estimate of drug-likeness (QED) is 0.530. The fourth-order valence-corrected chi connectivity index (χ4v) is 2.73. The zero-order valence-corrected chi connectivity index (χ0v) is 18.8. The van der Waals surface area contributed by atoms with Gasteiger partial charge < -0.3 is 20.1 Å². The van der Waals surface area contributed by atoms with Crippen LogP contribution in [0, 0.1) is 0 Å². The maximum absolute atomic E-state index is 12.9. The molecule has 1 aromatic carbocycles. The molecule has 0 aliphatic heterocycles. The van der Waals surface area contributed by atoms with Gasteiger partial charge in [0.2, 0.25) is 5.91 Å². The fraction of sp³-hybridized carbons (Fsp3) is 0.565. The molecule has 1 rings (SSSR count). The van der Waals surface area contributed by atoms with E-state index in [1.165, 1.54) is 4.90 Å². The van der Waals surface area contributed by atoms with Gasteiger partial charge in [0.05, 0.1) is 6.04 Å². The zero-order valence-electron chi connectivity index (χ0n) is 18.8. The lowest BCUT2D eigenvalue weighted by atomic mass is 10.0. The highest BCUT2D eigenvalue weighted by Gasteiger charge is 2.34. The summed E-state index contributed by atoms with van der Waals surface area (Å²) in [5.74, 6) is -0.0542. The fourth-order valence-electron chi connectivity index (χ4n) is 2.73. The highest BCUT2D eigenvalue weighted by Crippen LogP contribution is 2.21. The molecule has 0 saturated heterocycles. The number of carbonyl (C=O) groups is 2. The van der Waals surface area contributed by atoms with Gasteiger partial charge in [0.1, 0.15) is 23.0 Å². The van der Waals surface area contributed by atoms with E-state index in [1.54, 1.807) is 33.8 Å². The van der Waals surface area contributed by atoms with E-state index in [4.69, 9.17) is 15.2 Å². The van der Waals surface area contributed by atoms with Crippen molar-refractivity contribution in [1.82, 2.24) is 4.90 Å². The molecule has 0 unspecified atom stereocenters. The first-order valence-electron chi connectivity index (χ1n) is 9.91. The van der Waals surface area contributed by atoms with Crippen molar-refractivity contribution in [3.8, 4) is 5.75 Å². The number of benzene rings is 1. The molecule has 0 bridgehead atoms. The van der Waals surface area contributed by atoms with Crippen LogP contribution in [0.15, 0.2) is 36.9 Å². The van der Waals surface area contributed by atoms with E-state index in [0.717, 1.165) is 11.3 Å². The molecule has 6 heteroatoms. The van der Waals surface area contributed by atoms with Crippen LogP contribution < -0.4 is 10.5 Å². The molecule has 0 radical (unpaired) electrons. The summed E-state index contributed by atoms with van der Waals surface area (Å²) in [4.78, 5) is 27.1. The molecule has 162 valence electrons. The SMILES string of the molecule is C=CCN(C(=O)[C@H](C)N)[C@@H](Cc1ccc(OC(C)(C)C)cc1)C(=O)OC(C)(C)C. The lowest BCUT2D eigenvalue weighted by Gasteiger charge is -2.33. The molecule has 0 fully saturated rings. The van der Waals surface area contributed by atoms with Crippen molar-refractivity contribution in [3.05, 3.63) is 42.5 Å². The first kappa shape index (κ1) is 24.7. The average Bonchev–Trinajstić information content (AvgIpc) is 2.55. The smallest absolute Gasteiger partial charge is 0.329 e. The summed E-state index contributed by atoms with van der Waals surface area (Å²) in [5, 5.41) is 0. The first-order chi connectivity index (χ1) is 13.2. The molecule has 0 heterocycles. The van der Waals surface area contributed by atoms with Gasteiger partial charge in [0.15, 0.2) is 0 Å². The molecule has 2 atom stereocenters. The average molecular weight is 405 g/mol. The molecule has 0 aliphatic rings. The lowest BCUT2D eigenvalue weighted by molar-refractivity contribution is -0.164. The largest absolute Gasteiger partial charge is 0.488 e. The van der Waals surface area contributed by atoms with Crippen LogP contribution in [0.3, 0.4) is 0 Å². The van der Waals surface area contributed by atoms with Gasteiger partial charge in [-0.2, -0.15) is 0 Å². The second-order valence-electron chi connectivity index (χ2n) is 9.18. The maximum Gasteiger partial charge on any atom is 0.329 e. The minimum Gasteiger partial charge on any atom is -0.488 e. The standard InChI is InChI=1S/C23H36N2O4/c1-9-14-25(20(26)16(2)24)19(21(27)29-23(6,7)8)15-17-10-12-18(13-11-17)28-22(3,4)5/h9-13,16,19H,1,14-15,24H2,2-8H3/t16-,19-/m0/s1. The number of ether oxygens (including phenoxy) is 2. The highest BCUT2D eigenvalue weighted by atomic mass is 16.6. The molecule has 1 amide bonds. The second-order valence-corrected chi connectivity index (χ2v) is 9.18. The Morgan fingerprint density at radius 1 is 1.10 bits per heavy atom. The number of rotatable bonds is 8. The number of nitrogens with two attached hydrogens (primary N) is 1. The Morgan fingerprint density at radius 3 is 2.07 bits per heavy atom. The van der Waals surface area contributed by atoms with E-state index in [2.05, 4.69) is 6.58 Å². The summed E-state index contributed by atoms with van der Waals surface area (Å²) in [7, 11) is 0. The second kappa shape index (κ2) is 9.92. The van der Waals surface area contributed by atoms with E-state index in [0.29, 0.717) is 6.42 Å². The summed E-state index contributed by atoms with van der Waals surface area (Å²) in [5.41, 5.74) is 5.72. The number of carbonyl (C=O) groups excluding carboxylic acids is 2. The summed E-state index contributed by atoms with van der Waals surface area (Å²) in [6.45, 7) is 16.8. The number of amides is 1. The Bertz CT molecular complexity index is 697. The van der Waals surface area contributed by atoms with Crippen molar-refractivity contribution >= 4 is 11.9 Å². The number of nitrogens with zero attached hydrogens (tertiary/aromatic N) is 1. The van der Waals surface area contributed by atoms with Crippen molar-refractivity contribution in [2.45, 2.75) is 78.2 Å². The maximum atomic E-state index is 12.9. The Kier molecular flexibility index (Phi) is 8.45. The first-order valence-corrected chi connectivity index (χ1v) is 9.91. The number of hydrogen-bond acceptors (Lipinski definition) is 5. The summed E-state index contributed by atoms with van der Waals surface area (Å²) >= 11 is 0. The zero-order chi connectivity index (χ0) is 22.4. The van der Waals surface area contributed by atoms with E-state index in [-0.39, 0.29) is 18.1 Å². The molecule has 2 N–H and O–H groups in total. The van der Waals surface area contributed by atoms with Crippen LogP contribution in [0.2, 0.25) is 0 Å². The van der Waals surface area contributed by atoms with Gasteiger partial charge in [-0.05, 0) is 66.2 Å². The van der Waals surface area contributed by atoms with E-state index in [1.807, 2.05) is 45.0 Å². The molecule has 1 aromatic rings. The van der Waals surface area contributed by atoms with Crippen LogP contribution in [0.25, 0.3) is 0 Å². The van der Waals surface area contributed by atoms with Crippen LogP contribution in [-0.2, 0) is 20.7 Å². The van der Waals surface area contributed by atoms with Gasteiger partial charge in [0, 0.05) is 13.0 Å². The summed E-state index contributed by atoms with van der Waals surface area (Å²) < 4.78 is 11.4. The van der Waals surface area contributed by atoms with Crippen molar-refractivity contribution in [1.29, 1.82) is 0 Å². The molecule has 29 heavy (non-hydrogen) atoms. The molecule has 0 aromatic heterocycles. The van der Waals surface area contributed by atoms with Crippen LogP contribution in [0.1, 0.15) is 54.0 Å². The lowest BCUT2D eigenvalue weighted by Crippen LogP contribution is -2.53. The van der Waals surface area contributed by atoms with E-state index < -0.39 is 23.7 Å². The normalized spacial score (nSPS) is 13.9. The van der Waals surface area contributed by atoms with Crippen molar-refractivity contribution in [2.75, 3.05) is 6.54 Å². The van der Waals surface area contributed by atoms with Crippen LogP contribution in [0.5, 0.6) is 5.75 Å². The molecule has 0 aliphatic carbocycles. The van der Waals surface area contributed by atoms with Gasteiger partial charge in [-0.15, -0.1) is 6.58 Å². The summed E-state index contributed by atoms with van der Waals surface area (Å²) in [6, 6.07) is 5.96. The third-order valence-corrected chi connectivity index (χ3v) is 3.83. The summed E-state index contributed by atoms with van der Waals surface area (Å²) in [6.07, 6.45) is 1.88. The van der Waals surface area contributed by atoms with Gasteiger partial charge in [0.25, 0.3) is 0 Å².